The van der Waals surface area contributed by atoms with E-state index in [1.807, 2.05) is 20.0 Å². The van der Waals surface area contributed by atoms with E-state index in [-0.39, 0.29) is 0 Å². The van der Waals surface area contributed by atoms with Crippen LogP contribution in [0.4, 0.5) is 0 Å². The van der Waals surface area contributed by atoms with Crippen molar-refractivity contribution in [3.05, 3.63) is 23.4 Å². The first-order valence-electron chi connectivity index (χ1n) is 4.64. The second-order valence-corrected chi connectivity index (χ2v) is 3.41. The maximum atomic E-state index is 10.8. The lowest BCUT2D eigenvalue weighted by atomic mass is 10.1. The highest BCUT2D eigenvalue weighted by Gasteiger charge is 2.13. The maximum Gasteiger partial charge on any atom is 0.153 e. The summed E-state index contributed by atoms with van der Waals surface area (Å²) in [5.74, 6) is 0.605. The molecule has 0 radical (unpaired) electrons. The van der Waals surface area contributed by atoms with Crippen LogP contribution in [-0.4, -0.2) is 23.2 Å². The second-order valence-electron chi connectivity index (χ2n) is 3.41. The average Bonchev–Trinajstić information content (AvgIpc) is 2.54. The molecule has 0 aliphatic heterocycles. The Bertz CT molecular complexity index is 529. The molecule has 2 aromatic rings. The molecule has 0 amide bonds. The molecule has 0 fully saturated rings. The number of rotatable bonds is 2. The van der Waals surface area contributed by atoms with Gasteiger partial charge in [0.25, 0.3) is 0 Å². The van der Waals surface area contributed by atoms with Crippen molar-refractivity contribution in [1.29, 1.82) is 0 Å². The standard InChI is InChI=1S/C11H12N2O2/c1-7-10-9(12-13(7)2)5-4-8(6-14)11(10)15-3/h4-6H,1-3H3. The van der Waals surface area contributed by atoms with Gasteiger partial charge in [-0.3, -0.25) is 9.48 Å². The van der Waals surface area contributed by atoms with Crippen molar-refractivity contribution in [2.75, 3.05) is 7.11 Å². The van der Waals surface area contributed by atoms with Crippen LogP contribution in [0.2, 0.25) is 0 Å². The Morgan fingerprint density at radius 3 is 2.80 bits per heavy atom. The van der Waals surface area contributed by atoms with E-state index in [9.17, 15) is 4.79 Å². The summed E-state index contributed by atoms with van der Waals surface area (Å²) in [6.07, 6.45) is 0.796. The molecule has 0 unspecified atom stereocenters. The third kappa shape index (κ3) is 1.29. The van der Waals surface area contributed by atoms with Gasteiger partial charge >= 0.3 is 0 Å². The quantitative estimate of drug-likeness (QED) is 0.699. The van der Waals surface area contributed by atoms with Crippen LogP contribution in [0.3, 0.4) is 0 Å². The van der Waals surface area contributed by atoms with E-state index in [4.69, 9.17) is 4.74 Å². The van der Waals surface area contributed by atoms with Gasteiger partial charge in [0.1, 0.15) is 5.75 Å². The molecule has 0 saturated carbocycles. The van der Waals surface area contributed by atoms with Crippen molar-refractivity contribution in [1.82, 2.24) is 9.78 Å². The van der Waals surface area contributed by atoms with E-state index in [1.54, 1.807) is 17.9 Å². The molecule has 1 aromatic carbocycles. The molecule has 1 heterocycles. The molecule has 0 bridgehead atoms. The lowest BCUT2D eigenvalue weighted by Gasteiger charge is -2.04. The molecular formula is C11H12N2O2. The normalized spacial score (nSPS) is 10.6. The molecule has 2 rings (SSSR count). The minimum absolute atomic E-state index is 0.557. The maximum absolute atomic E-state index is 10.8. The summed E-state index contributed by atoms with van der Waals surface area (Å²) < 4.78 is 7.04. The Hall–Kier alpha value is -1.84. The van der Waals surface area contributed by atoms with Crippen LogP contribution in [0.25, 0.3) is 10.9 Å². The van der Waals surface area contributed by atoms with Crippen molar-refractivity contribution in [3.8, 4) is 5.75 Å². The summed E-state index contributed by atoms with van der Waals surface area (Å²) in [6.45, 7) is 1.95. The fourth-order valence-corrected chi connectivity index (χ4v) is 1.73. The van der Waals surface area contributed by atoms with Gasteiger partial charge in [0, 0.05) is 12.7 Å². The zero-order valence-electron chi connectivity index (χ0n) is 8.94. The summed E-state index contributed by atoms with van der Waals surface area (Å²) >= 11 is 0. The van der Waals surface area contributed by atoms with E-state index in [0.717, 1.165) is 22.9 Å². The fourth-order valence-electron chi connectivity index (χ4n) is 1.73. The van der Waals surface area contributed by atoms with E-state index >= 15 is 0 Å². The summed E-state index contributed by atoms with van der Waals surface area (Å²) in [5, 5.41) is 5.22. The first kappa shape index (κ1) is 9.71. The first-order chi connectivity index (χ1) is 7.19. The Morgan fingerprint density at radius 2 is 2.20 bits per heavy atom. The van der Waals surface area contributed by atoms with Crippen LogP contribution in [0.1, 0.15) is 16.1 Å². The SMILES string of the molecule is COc1c(C=O)ccc2nn(C)c(C)c12. The van der Waals surface area contributed by atoms with Crippen molar-refractivity contribution in [2.45, 2.75) is 6.92 Å². The summed E-state index contributed by atoms with van der Waals surface area (Å²) in [5.41, 5.74) is 2.39. The molecule has 0 aliphatic carbocycles. The average molecular weight is 204 g/mol. The van der Waals surface area contributed by atoms with Gasteiger partial charge in [0.05, 0.1) is 23.6 Å². The predicted octanol–water partition coefficient (Wildman–Crippen LogP) is 1.70. The number of fused-ring (bicyclic) bond motifs is 1. The third-order valence-electron chi connectivity index (χ3n) is 2.60. The second kappa shape index (κ2) is 3.38. The predicted molar refractivity (Wildman–Crippen MR) is 57.4 cm³/mol. The van der Waals surface area contributed by atoms with Crippen LogP contribution in [0.5, 0.6) is 5.75 Å². The van der Waals surface area contributed by atoms with Crippen molar-refractivity contribution in [3.63, 3.8) is 0 Å². The van der Waals surface area contributed by atoms with E-state index in [1.165, 1.54) is 0 Å². The van der Waals surface area contributed by atoms with Crippen LogP contribution in [-0.2, 0) is 7.05 Å². The van der Waals surface area contributed by atoms with Gasteiger partial charge in [-0.15, -0.1) is 0 Å². The van der Waals surface area contributed by atoms with Gasteiger partial charge in [-0.1, -0.05) is 0 Å². The van der Waals surface area contributed by atoms with Crippen LogP contribution in [0, 0.1) is 6.92 Å². The number of hydrogen-bond acceptors (Lipinski definition) is 3. The molecule has 15 heavy (non-hydrogen) atoms. The Balaban J connectivity index is 2.91. The monoisotopic (exact) mass is 204 g/mol. The van der Waals surface area contributed by atoms with Gasteiger partial charge in [0.15, 0.2) is 6.29 Å². The Morgan fingerprint density at radius 1 is 1.47 bits per heavy atom. The van der Waals surface area contributed by atoms with Gasteiger partial charge < -0.3 is 4.74 Å². The summed E-state index contributed by atoms with van der Waals surface area (Å²) in [7, 11) is 3.43. The third-order valence-corrected chi connectivity index (χ3v) is 2.60. The van der Waals surface area contributed by atoms with Crippen molar-refractivity contribution >= 4 is 17.2 Å². The molecule has 4 heteroatoms. The smallest absolute Gasteiger partial charge is 0.153 e. The molecule has 1 aromatic heterocycles. The van der Waals surface area contributed by atoms with Crippen LogP contribution >= 0.6 is 0 Å². The number of aldehydes is 1. The van der Waals surface area contributed by atoms with Crippen molar-refractivity contribution in [2.24, 2.45) is 7.05 Å². The summed E-state index contributed by atoms with van der Waals surface area (Å²) in [6, 6.07) is 3.55. The zero-order valence-corrected chi connectivity index (χ0v) is 8.94. The van der Waals surface area contributed by atoms with Crippen LogP contribution in [0.15, 0.2) is 12.1 Å². The highest BCUT2D eigenvalue weighted by molar-refractivity contribution is 5.95. The number of aromatic nitrogens is 2. The fraction of sp³-hybridized carbons (Fsp3) is 0.273. The number of carbonyl (C=O) groups is 1. The van der Waals surface area contributed by atoms with Gasteiger partial charge in [0.2, 0.25) is 0 Å². The highest BCUT2D eigenvalue weighted by atomic mass is 16.5. The molecule has 78 valence electrons. The van der Waals surface area contributed by atoms with Gasteiger partial charge in [-0.05, 0) is 19.1 Å². The van der Waals surface area contributed by atoms with E-state index < -0.39 is 0 Å². The molecule has 0 spiro atoms. The summed E-state index contributed by atoms with van der Waals surface area (Å²) in [4.78, 5) is 10.8. The molecule has 4 nitrogen and oxygen atoms in total. The number of methoxy groups -OCH3 is 1. The number of hydrogen-bond donors (Lipinski definition) is 0. The number of ether oxygens (including phenoxy) is 1. The number of benzene rings is 1. The zero-order chi connectivity index (χ0) is 11.0. The topological polar surface area (TPSA) is 44.1 Å². The number of aryl methyl sites for hydroxylation is 2. The van der Waals surface area contributed by atoms with Crippen molar-refractivity contribution < 1.29 is 9.53 Å². The number of carbonyl (C=O) groups excluding carboxylic acids is 1. The minimum atomic E-state index is 0.557. The lowest BCUT2D eigenvalue weighted by molar-refractivity contribution is 0.112. The highest BCUT2D eigenvalue weighted by Crippen LogP contribution is 2.30. The largest absolute Gasteiger partial charge is 0.495 e. The molecule has 0 N–H and O–H groups in total. The van der Waals surface area contributed by atoms with Gasteiger partial charge in [-0.25, -0.2) is 0 Å². The lowest BCUT2D eigenvalue weighted by Crippen LogP contribution is -1.93. The number of nitrogens with zero attached hydrogens (tertiary/aromatic N) is 2. The first-order valence-corrected chi connectivity index (χ1v) is 4.64. The Labute approximate surface area is 87.5 Å². The molecular weight excluding hydrogens is 192 g/mol. The molecule has 0 aliphatic rings. The Kier molecular flexibility index (Phi) is 2.19. The minimum Gasteiger partial charge on any atom is -0.495 e. The van der Waals surface area contributed by atoms with E-state index in [2.05, 4.69) is 5.10 Å². The van der Waals surface area contributed by atoms with E-state index in [0.29, 0.717) is 11.3 Å². The molecule has 0 atom stereocenters. The van der Waals surface area contributed by atoms with Crippen LogP contribution < -0.4 is 4.74 Å². The molecule has 0 saturated heterocycles. The van der Waals surface area contributed by atoms with Gasteiger partial charge in [-0.2, -0.15) is 5.10 Å².